The number of fused-ring (bicyclic) bond motifs is 2. The molecule has 0 saturated carbocycles. The highest BCUT2D eigenvalue weighted by atomic mass is 32.2. The van der Waals surface area contributed by atoms with E-state index in [1.54, 1.807) is 18.3 Å². The quantitative estimate of drug-likeness (QED) is 0.761. The lowest BCUT2D eigenvalue weighted by molar-refractivity contribution is 0.399. The molecule has 0 unspecified atom stereocenters. The van der Waals surface area contributed by atoms with Crippen molar-refractivity contribution < 1.29 is 8.42 Å². The van der Waals surface area contributed by atoms with Crippen LogP contribution in [0.25, 0.3) is 10.9 Å². The summed E-state index contributed by atoms with van der Waals surface area (Å²) in [4.78, 5) is 9.06. The molecule has 4 rings (SSSR count). The molecule has 1 aromatic carbocycles. The summed E-state index contributed by atoms with van der Waals surface area (Å²) in [6, 6.07) is 6.78. The molecule has 136 valence electrons. The Kier molecular flexibility index (Phi) is 4.24. The maximum atomic E-state index is 13.1. The third-order valence-corrected chi connectivity index (χ3v) is 6.14. The lowest BCUT2D eigenvalue weighted by Crippen LogP contribution is -2.33. The predicted molar refractivity (Wildman–Crippen MR) is 98.2 cm³/mol. The minimum Gasteiger partial charge on any atom is -0.255 e. The zero-order valence-electron chi connectivity index (χ0n) is 14.8. The van der Waals surface area contributed by atoms with Crippen molar-refractivity contribution in [1.29, 1.82) is 0 Å². The minimum atomic E-state index is -3.73. The summed E-state index contributed by atoms with van der Waals surface area (Å²) < 4.78 is 30.8. The maximum absolute atomic E-state index is 13.1. The molecule has 7 nitrogen and oxygen atoms in total. The molecule has 26 heavy (non-hydrogen) atoms. The number of aryl methyl sites for hydroxylation is 3. The Labute approximate surface area is 152 Å². The fourth-order valence-corrected chi connectivity index (χ4v) is 4.78. The van der Waals surface area contributed by atoms with E-state index in [1.807, 2.05) is 30.7 Å². The molecule has 0 saturated heterocycles. The van der Waals surface area contributed by atoms with Crippen molar-refractivity contribution in [2.45, 2.75) is 50.6 Å². The van der Waals surface area contributed by atoms with Gasteiger partial charge in [0.2, 0.25) is 10.0 Å². The fraction of sp³-hybridized carbons (Fsp3) is 0.389. The van der Waals surface area contributed by atoms with E-state index >= 15 is 0 Å². The molecule has 0 bridgehead atoms. The summed E-state index contributed by atoms with van der Waals surface area (Å²) in [5.74, 6) is 1.44. The van der Waals surface area contributed by atoms with Crippen LogP contribution in [-0.2, 0) is 23.0 Å². The van der Waals surface area contributed by atoms with Gasteiger partial charge in [0.05, 0.1) is 11.6 Å². The Morgan fingerprint density at radius 3 is 3.00 bits per heavy atom. The predicted octanol–water partition coefficient (Wildman–Crippen LogP) is 2.51. The van der Waals surface area contributed by atoms with Crippen LogP contribution in [0.15, 0.2) is 35.4 Å². The van der Waals surface area contributed by atoms with E-state index < -0.39 is 10.0 Å². The summed E-state index contributed by atoms with van der Waals surface area (Å²) in [6.07, 6.45) is 3.98. The van der Waals surface area contributed by atoms with Crippen LogP contribution >= 0.6 is 0 Å². The van der Waals surface area contributed by atoms with E-state index in [9.17, 15) is 8.42 Å². The Bertz CT molecular complexity index is 1070. The highest BCUT2D eigenvalue weighted by Gasteiger charge is 2.29. The first-order chi connectivity index (χ1) is 12.5. The van der Waals surface area contributed by atoms with Gasteiger partial charge in [-0.2, -0.15) is 5.10 Å². The molecule has 0 amide bonds. The van der Waals surface area contributed by atoms with Gasteiger partial charge in [0.15, 0.2) is 5.82 Å². The molecule has 2 aromatic heterocycles. The number of rotatable bonds is 4. The van der Waals surface area contributed by atoms with E-state index in [1.165, 1.54) is 0 Å². The average molecular weight is 371 g/mol. The Morgan fingerprint density at radius 2 is 2.19 bits per heavy atom. The second-order valence-electron chi connectivity index (χ2n) is 6.62. The van der Waals surface area contributed by atoms with Crippen molar-refractivity contribution in [2.75, 3.05) is 0 Å². The largest absolute Gasteiger partial charge is 0.255 e. The van der Waals surface area contributed by atoms with Crippen LogP contribution in [0.1, 0.15) is 43.0 Å². The van der Waals surface area contributed by atoms with Gasteiger partial charge in [0.1, 0.15) is 10.7 Å². The van der Waals surface area contributed by atoms with Crippen molar-refractivity contribution in [3.05, 3.63) is 47.7 Å². The fourth-order valence-electron chi connectivity index (χ4n) is 3.37. The lowest BCUT2D eigenvalue weighted by Gasteiger charge is -2.23. The molecule has 0 fully saturated rings. The van der Waals surface area contributed by atoms with Crippen molar-refractivity contribution >= 4 is 20.9 Å². The molecule has 0 spiro atoms. The zero-order valence-corrected chi connectivity index (χ0v) is 15.6. The topological polar surface area (TPSA) is 89.8 Å². The van der Waals surface area contributed by atoms with Crippen LogP contribution < -0.4 is 4.72 Å². The number of sulfonamides is 1. The third kappa shape index (κ3) is 2.99. The molecular weight excluding hydrogens is 350 g/mol. The summed E-state index contributed by atoms with van der Waals surface area (Å²) in [6.45, 7) is 4.70. The summed E-state index contributed by atoms with van der Waals surface area (Å²) in [5.41, 5.74) is 1.48. The van der Waals surface area contributed by atoms with Gasteiger partial charge in [-0.05, 0) is 37.5 Å². The maximum Gasteiger partial charge on any atom is 0.243 e. The lowest BCUT2D eigenvalue weighted by atomic mass is 10.1. The van der Waals surface area contributed by atoms with Gasteiger partial charge >= 0.3 is 0 Å². The number of nitrogens with zero attached hydrogens (tertiary/aromatic N) is 4. The second-order valence-corrected chi connectivity index (χ2v) is 8.30. The van der Waals surface area contributed by atoms with Crippen LogP contribution in [0.5, 0.6) is 0 Å². The molecule has 1 aliphatic heterocycles. The van der Waals surface area contributed by atoms with Gasteiger partial charge in [-0.15, -0.1) is 0 Å². The van der Waals surface area contributed by atoms with Crippen molar-refractivity contribution in [3.8, 4) is 0 Å². The molecule has 1 atom stereocenters. The first-order valence-electron chi connectivity index (χ1n) is 8.79. The monoisotopic (exact) mass is 371 g/mol. The van der Waals surface area contributed by atoms with Gasteiger partial charge in [-0.3, -0.25) is 4.98 Å². The van der Waals surface area contributed by atoms with Gasteiger partial charge in [0, 0.05) is 24.5 Å². The number of hydrogen-bond donors (Lipinski definition) is 1. The van der Waals surface area contributed by atoms with Gasteiger partial charge in [-0.25, -0.2) is 22.8 Å². The van der Waals surface area contributed by atoms with Crippen LogP contribution in [0.2, 0.25) is 0 Å². The van der Waals surface area contributed by atoms with E-state index in [-0.39, 0.29) is 10.9 Å². The number of pyridine rings is 1. The van der Waals surface area contributed by atoms with Crippen LogP contribution in [0.3, 0.4) is 0 Å². The smallest absolute Gasteiger partial charge is 0.243 e. The van der Waals surface area contributed by atoms with E-state index in [0.29, 0.717) is 17.8 Å². The van der Waals surface area contributed by atoms with E-state index in [2.05, 4.69) is 19.8 Å². The first kappa shape index (κ1) is 17.1. The SMILES string of the molecule is CCc1nc2n(n1)CCC[C@@H]2NS(=O)(=O)c1cccc2cc(C)cnc12. The van der Waals surface area contributed by atoms with Crippen molar-refractivity contribution in [3.63, 3.8) is 0 Å². The third-order valence-electron chi connectivity index (χ3n) is 4.63. The number of nitrogens with one attached hydrogen (secondary N) is 1. The average Bonchev–Trinajstić information content (AvgIpc) is 3.05. The standard InChI is InChI=1S/C18H21N5O2S/c1-3-16-20-18-14(7-5-9-23(18)21-16)22-26(24,25)15-8-4-6-13-10-12(2)11-19-17(13)15/h4,6,8,10-11,14,22H,3,5,7,9H2,1-2H3/t14-/m0/s1. The molecule has 0 aliphatic carbocycles. The van der Waals surface area contributed by atoms with Crippen molar-refractivity contribution in [2.24, 2.45) is 0 Å². The zero-order chi connectivity index (χ0) is 18.3. The van der Waals surface area contributed by atoms with Crippen molar-refractivity contribution in [1.82, 2.24) is 24.5 Å². The highest BCUT2D eigenvalue weighted by Crippen LogP contribution is 2.27. The number of aromatic nitrogens is 4. The number of para-hydroxylation sites is 1. The van der Waals surface area contributed by atoms with Gasteiger partial charge < -0.3 is 0 Å². The minimum absolute atomic E-state index is 0.197. The molecule has 0 radical (unpaired) electrons. The van der Waals surface area contributed by atoms with Crippen LogP contribution in [0.4, 0.5) is 0 Å². The van der Waals surface area contributed by atoms with Gasteiger partial charge in [0.25, 0.3) is 0 Å². The molecule has 3 aromatic rings. The van der Waals surface area contributed by atoms with Gasteiger partial charge in [-0.1, -0.05) is 19.1 Å². The highest BCUT2D eigenvalue weighted by molar-refractivity contribution is 7.89. The summed E-state index contributed by atoms with van der Waals surface area (Å²) >= 11 is 0. The van der Waals surface area contributed by atoms with E-state index in [0.717, 1.165) is 36.2 Å². The first-order valence-corrected chi connectivity index (χ1v) is 10.3. The normalized spacial score (nSPS) is 17.4. The molecule has 1 aliphatic rings. The van der Waals surface area contributed by atoms with Crippen LogP contribution in [0, 0.1) is 6.92 Å². The summed E-state index contributed by atoms with van der Waals surface area (Å²) in [7, 11) is -3.73. The van der Waals surface area contributed by atoms with E-state index in [4.69, 9.17) is 0 Å². The summed E-state index contributed by atoms with van der Waals surface area (Å²) in [5, 5.41) is 5.25. The number of benzene rings is 1. The number of hydrogen-bond acceptors (Lipinski definition) is 5. The molecule has 1 N–H and O–H groups in total. The molecule has 8 heteroatoms. The Hall–Kier alpha value is -2.32. The second kappa shape index (κ2) is 6.44. The molecular formula is C18H21N5O2S. The molecule has 3 heterocycles. The Balaban J connectivity index is 1.72. The van der Waals surface area contributed by atoms with Crippen LogP contribution in [-0.4, -0.2) is 28.2 Å². The Morgan fingerprint density at radius 1 is 1.35 bits per heavy atom.